The number of nitrogens with one attached hydrogen (secondary N) is 2. The number of methoxy groups -OCH3 is 1. The van der Waals surface area contributed by atoms with Crippen molar-refractivity contribution in [2.45, 2.75) is 13.0 Å². The van der Waals surface area contributed by atoms with Gasteiger partial charge in [0.25, 0.3) is 0 Å². The number of carbonyl (C=O) groups is 1. The third-order valence-electron chi connectivity index (χ3n) is 2.88. The maximum Gasteiger partial charge on any atom is 0.308 e. The zero-order valence-electron chi connectivity index (χ0n) is 10.7. The summed E-state index contributed by atoms with van der Waals surface area (Å²) in [7, 11) is 1.57. The predicted octanol–water partition coefficient (Wildman–Crippen LogP) is 0.854. The Morgan fingerprint density at radius 2 is 2.17 bits per heavy atom. The van der Waals surface area contributed by atoms with E-state index in [4.69, 9.17) is 9.47 Å². The van der Waals surface area contributed by atoms with Crippen molar-refractivity contribution >= 4 is 5.97 Å². The Kier molecular flexibility index (Phi) is 4.17. The van der Waals surface area contributed by atoms with Crippen LogP contribution in [0.2, 0.25) is 0 Å². The molecule has 1 fully saturated rings. The van der Waals surface area contributed by atoms with Gasteiger partial charge in [0, 0.05) is 32.6 Å². The minimum atomic E-state index is -0.349. The molecule has 1 aliphatic rings. The molecule has 1 heterocycles. The summed E-state index contributed by atoms with van der Waals surface area (Å²) in [4.78, 5) is 11.0. The third kappa shape index (κ3) is 3.00. The van der Waals surface area contributed by atoms with Gasteiger partial charge in [-0.3, -0.25) is 4.79 Å². The molecule has 1 atom stereocenters. The Morgan fingerprint density at radius 3 is 2.78 bits per heavy atom. The number of rotatable bonds is 3. The van der Waals surface area contributed by atoms with Crippen LogP contribution >= 0.6 is 0 Å². The van der Waals surface area contributed by atoms with Gasteiger partial charge in [0.2, 0.25) is 0 Å². The van der Waals surface area contributed by atoms with Crippen LogP contribution in [0.5, 0.6) is 11.5 Å². The van der Waals surface area contributed by atoms with Crippen molar-refractivity contribution in [2.75, 3.05) is 26.7 Å². The van der Waals surface area contributed by atoms with E-state index in [-0.39, 0.29) is 12.0 Å². The molecule has 1 aliphatic heterocycles. The fraction of sp³-hybridized carbons (Fsp3) is 0.462. The highest BCUT2D eigenvalue weighted by molar-refractivity contribution is 5.70. The van der Waals surface area contributed by atoms with Crippen LogP contribution in [0.4, 0.5) is 0 Å². The smallest absolute Gasteiger partial charge is 0.308 e. The molecule has 2 N–H and O–H groups in total. The van der Waals surface area contributed by atoms with Crippen molar-refractivity contribution in [2.24, 2.45) is 0 Å². The van der Waals surface area contributed by atoms with Crippen LogP contribution in [-0.4, -0.2) is 32.7 Å². The number of benzene rings is 1. The van der Waals surface area contributed by atoms with Crippen molar-refractivity contribution < 1.29 is 14.3 Å². The number of ether oxygens (including phenoxy) is 2. The van der Waals surface area contributed by atoms with E-state index in [1.807, 2.05) is 12.1 Å². The number of hydrogen-bond donors (Lipinski definition) is 2. The highest BCUT2D eigenvalue weighted by Gasteiger charge is 2.16. The largest absolute Gasteiger partial charge is 0.493 e. The van der Waals surface area contributed by atoms with Gasteiger partial charge in [-0.1, -0.05) is 6.07 Å². The molecule has 2 rings (SSSR count). The summed E-state index contributed by atoms with van der Waals surface area (Å²) in [5.41, 5.74) is 1.12. The summed E-state index contributed by atoms with van der Waals surface area (Å²) >= 11 is 0. The first-order valence-electron chi connectivity index (χ1n) is 6.01. The van der Waals surface area contributed by atoms with Crippen molar-refractivity contribution in [1.29, 1.82) is 0 Å². The Hall–Kier alpha value is -1.59. The van der Waals surface area contributed by atoms with Crippen LogP contribution in [0.25, 0.3) is 0 Å². The van der Waals surface area contributed by atoms with Crippen molar-refractivity contribution in [3.63, 3.8) is 0 Å². The Bertz CT molecular complexity index is 428. The zero-order valence-corrected chi connectivity index (χ0v) is 10.7. The first-order chi connectivity index (χ1) is 8.70. The van der Waals surface area contributed by atoms with Gasteiger partial charge < -0.3 is 20.1 Å². The first-order valence-corrected chi connectivity index (χ1v) is 6.01. The molecule has 0 unspecified atom stereocenters. The van der Waals surface area contributed by atoms with Crippen LogP contribution in [0, 0.1) is 0 Å². The minimum Gasteiger partial charge on any atom is -0.493 e. The van der Waals surface area contributed by atoms with Crippen LogP contribution in [0.15, 0.2) is 18.2 Å². The summed E-state index contributed by atoms with van der Waals surface area (Å²) in [6.07, 6.45) is 0. The second-order valence-electron chi connectivity index (χ2n) is 4.21. The average Bonchev–Trinajstić information content (AvgIpc) is 2.39. The van der Waals surface area contributed by atoms with E-state index in [1.165, 1.54) is 6.92 Å². The summed E-state index contributed by atoms with van der Waals surface area (Å²) in [5.74, 6) is 0.686. The molecule has 0 bridgehead atoms. The maximum absolute atomic E-state index is 11.0. The van der Waals surface area contributed by atoms with E-state index in [1.54, 1.807) is 13.2 Å². The highest BCUT2D eigenvalue weighted by Crippen LogP contribution is 2.30. The highest BCUT2D eigenvalue weighted by atomic mass is 16.6. The van der Waals surface area contributed by atoms with E-state index in [9.17, 15) is 4.79 Å². The molecule has 1 saturated heterocycles. The van der Waals surface area contributed by atoms with E-state index in [2.05, 4.69) is 10.6 Å². The van der Waals surface area contributed by atoms with Crippen LogP contribution in [0.3, 0.4) is 0 Å². The topological polar surface area (TPSA) is 59.6 Å². The molecule has 98 valence electrons. The van der Waals surface area contributed by atoms with Crippen molar-refractivity contribution in [1.82, 2.24) is 10.6 Å². The van der Waals surface area contributed by atoms with Gasteiger partial charge in [-0.05, 0) is 17.7 Å². The van der Waals surface area contributed by atoms with Gasteiger partial charge in [0.15, 0.2) is 11.5 Å². The van der Waals surface area contributed by atoms with Gasteiger partial charge in [0.05, 0.1) is 7.11 Å². The SMILES string of the molecule is COc1cc([C@H]2CNCCN2)ccc1OC(C)=O. The van der Waals surface area contributed by atoms with E-state index < -0.39 is 0 Å². The van der Waals surface area contributed by atoms with Gasteiger partial charge in [-0.25, -0.2) is 0 Å². The van der Waals surface area contributed by atoms with Gasteiger partial charge in [0.1, 0.15) is 0 Å². The van der Waals surface area contributed by atoms with Gasteiger partial charge in [-0.15, -0.1) is 0 Å². The lowest BCUT2D eigenvalue weighted by atomic mass is 10.0. The molecule has 0 radical (unpaired) electrons. The fourth-order valence-electron chi connectivity index (χ4n) is 2.03. The second-order valence-corrected chi connectivity index (χ2v) is 4.21. The maximum atomic E-state index is 11.0. The van der Waals surface area contributed by atoms with Gasteiger partial charge >= 0.3 is 5.97 Å². The molecule has 0 aliphatic carbocycles. The van der Waals surface area contributed by atoms with Crippen LogP contribution in [0.1, 0.15) is 18.5 Å². The van der Waals surface area contributed by atoms with Crippen LogP contribution < -0.4 is 20.1 Å². The Labute approximate surface area is 106 Å². The number of esters is 1. The van der Waals surface area contributed by atoms with Crippen LogP contribution in [-0.2, 0) is 4.79 Å². The first kappa shape index (κ1) is 12.9. The Balaban J connectivity index is 2.20. The quantitative estimate of drug-likeness (QED) is 0.615. The number of carbonyl (C=O) groups excluding carboxylic acids is 1. The molecule has 1 aromatic rings. The predicted molar refractivity (Wildman–Crippen MR) is 67.9 cm³/mol. The summed E-state index contributed by atoms with van der Waals surface area (Å²) < 4.78 is 10.3. The van der Waals surface area contributed by atoms with Crippen molar-refractivity contribution in [3.05, 3.63) is 23.8 Å². The molecule has 5 nitrogen and oxygen atoms in total. The lowest BCUT2D eigenvalue weighted by Gasteiger charge is -2.25. The Morgan fingerprint density at radius 1 is 1.33 bits per heavy atom. The summed E-state index contributed by atoms with van der Waals surface area (Å²) in [6.45, 7) is 4.19. The van der Waals surface area contributed by atoms with E-state index in [0.29, 0.717) is 11.5 Å². The molecule has 1 aromatic carbocycles. The molecule has 0 saturated carbocycles. The normalized spacial score (nSPS) is 19.3. The van der Waals surface area contributed by atoms with Crippen molar-refractivity contribution in [3.8, 4) is 11.5 Å². The standard InChI is InChI=1S/C13H18N2O3/c1-9(16)18-12-4-3-10(7-13(12)17-2)11-8-14-5-6-15-11/h3-4,7,11,14-15H,5-6,8H2,1-2H3/t11-/m1/s1. The van der Waals surface area contributed by atoms with E-state index in [0.717, 1.165) is 25.2 Å². The molecule has 0 amide bonds. The molecule has 18 heavy (non-hydrogen) atoms. The second kappa shape index (κ2) is 5.84. The number of piperazine rings is 1. The third-order valence-corrected chi connectivity index (χ3v) is 2.88. The lowest BCUT2D eigenvalue weighted by molar-refractivity contribution is -0.132. The molecule has 0 aromatic heterocycles. The van der Waals surface area contributed by atoms with E-state index >= 15 is 0 Å². The van der Waals surface area contributed by atoms with Gasteiger partial charge in [-0.2, -0.15) is 0 Å². The molecular formula is C13H18N2O3. The monoisotopic (exact) mass is 250 g/mol. The zero-order chi connectivity index (χ0) is 13.0. The summed E-state index contributed by atoms with van der Waals surface area (Å²) in [5, 5.41) is 6.75. The fourth-order valence-corrected chi connectivity index (χ4v) is 2.03. The minimum absolute atomic E-state index is 0.263. The molecule has 5 heteroatoms. The lowest BCUT2D eigenvalue weighted by Crippen LogP contribution is -2.42. The summed E-state index contributed by atoms with van der Waals surface area (Å²) in [6, 6.07) is 5.89. The average molecular weight is 250 g/mol. The molecule has 0 spiro atoms. The molecular weight excluding hydrogens is 232 g/mol. The number of hydrogen-bond acceptors (Lipinski definition) is 5.